The Morgan fingerprint density at radius 2 is 1.72 bits per heavy atom. The first kappa shape index (κ1) is 19.3. The average Bonchev–Trinajstić information content (AvgIpc) is 2.61. The Balaban J connectivity index is 1.74. The summed E-state index contributed by atoms with van der Waals surface area (Å²) in [5.74, 6) is 1.17. The lowest BCUT2D eigenvalue weighted by atomic mass is 9.70. The van der Waals surface area contributed by atoms with Crippen LogP contribution in [0.2, 0.25) is 0 Å². The van der Waals surface area contributed by atoms with Gasteiger partial charge in [0.15, 0.2) is 0 Å². The van der Waals surface area contributed by atoms with Crippen LogP contribution >= 0.6 is 15.9 Å². The van der Waals surface area contributed by atoms with Crippen molar-refractivity contribution in [1.82, 2.24) is 0 Å². The molecule has 1 aliphatic carbocycles. The molecule has 1 heterocycles. The molecule has 4 unspecified atom stereocenters. The summed E-state index contributed by atoms with van der Waals surface area (Å²) in [7, 11) is 1.82. The highest BCUT2D eigenvalue weighted by Gasteiger charge is 2.38. The molecule has 0 amide bonds. The monoisotopic (exact) mass is 410 g/mol. The predicted octanol–water partition coefficient (Wildman–Crippen LogP) is 4.75. The Kier molecular flexibility index (Phi) is 6.59. The second-order valence-electron chi connectivity index (χ2n) is 7.85. The number of halogens is 1. The molecule has 0 aromatic heterocycles. The summed E-state index contributed by atoms with van der Waals surface area (Å²) in [5, 5.41) is 10.9. The van der Waals surface area contributed by atoms with E-state index in [1.54, 1.807) is 0 Å². The second kappa shape index (κ2) is 8.51. The minimum Gasteiger partial charge on any atom is -0.393 e. The van der Waals surface area contributed by atoms with Crippen LogP contribution in [0.15, 0.2) is 16.6 Å². The molecule has 1 N–H and O–H groups in total. The van der Waals surface area contributed by atoms with E-state index >= 15 is 0 Å². The predicted molar refractivity (Wildman–Crippen MR) is 104 cm³/mol. The van der Waals surface area contributed by atoms with Gasteiger partial charge in [0.1, 0.15) is 0 Å². The number of aliphatic hydroxyl groups excluding tert-OH is 1. The van der Waals surface area contributed by atoms with Crippen molar-refractivity contribution < 1.29 is 14.6 Å². The summed E-state index contributed by atoms with van der Waals surface area (Å²) in [6.45, 7) is 5.98. The number of aliphatic hydroxyl groups is 1. The third-order valence-electron chi connectivity index (χ3n) is 6.30. The third kappa shape index (κ3) is 4.29. The Labute approximate surface area is 160 Å². The largest absolute Gasteiger partial charge is 0.393 e. The van der Waals surface area contributed by atoms with Crippen molar-refractivity contribution in [3.05, 3.63) is 33.3 Å². The number of aryl methyl sites for hydroxylation is 2. The molecule has 1 saturated heterocycles. The summed E-state index contributed by atoms with van der Waals surface area (Å²) < 4.78 is 12.5. The Morgan fingerprint density at radius 1 is 1.08 bits per heavy atom. The second-order valence-corrected chi connectivity index (χ2v) is 8.76. The van der Waals surface area contributed by atoms with Gasteiger partial charge < -0.3 is 14.6 Å². The first-order valence-electron chi connectivity index (χ1n) is 9.56. The van der Waals surface area contributed by atoms with Gasteiger partial charge in [-0.1, -0.05) is 15.9 Å². The number of hydrogen-bond donors (Lipinski definition) is 1. The summed E-state index contributed by atoms with van der Waals surface area (Å²) >= 11 is 3.60. The fourth-order valence-electron chi connectivity index (χ4n) is 5.01. The molecule has 0 radical (unpaired) electrons. The minimum absolute atomic E-state index is 0.187. The van der Waals surface area contributed by atoms with Crippen LogP contribution in [0.3, 0.4) is 0 Å². The maximum Gasteiger partial charge on any atom is 0.0643 e. The first-order chi connectivity index (χ1) is 12.0. The fourth-order valence-corrected chi connectivity index (χ4v) is 5.70. The van der Waals surface area contributed by atoms with Crippen LogP contribution in [0, 0.1) is 25.7 Å². The van der Waals surface area contributed by atoms with Crippen LogP contribution in [0.5, 0.6) is 0 Å². The molecule has 4 atom stereocenters. The number of hydrogen-bond acceptors (Lipinski definition) is 3. The lowest BCUT2D eigenvalue weighted by molar-refractivity contribution is -0.0518. The van der Waals surface area contributed by atoms with E-state index in [1.165, 1.54) is 16.7 Å². The van der Waals surface area contributed by atoms with Gasteiger partial charge >= 0.3 is 0 Å². The van der Waals surface area contributed by atoms with Gasteiger partial charge in [0.2, 0.25) is 0 Å². The molecule has 3 rings (SSSR count). The van der Waals surface area contributed by atoms with Crippen molar-refractivity contribution in [3.8, 4) is 0 Å². The van der Waals surface area contributed by atoms with Crippen molar-refractivity contribution in [2.45, 2.75) is 64.1 Å². The van der Waals surface area contributed by atoms with Gasteiger partial charge in [-0.05, 0) is 86.6 Å². The molecule has 0 bridgehead atoms. The van der Waals surface area contributed by atoms with Crippen molar-refractivity contribution in [2.24, 2.45) is 11.8 Å². The number of methoxy groups -OCH3 is 1. The summed E-state index contributed by atoms with van der Waals surface area (Å²) in [6.07, 6.45) is 5.08. The molecule has 25 heavy (non-hydrogen) atoms. The molecule has 0 spiro atoms. The van der Waals surface area contributed by atoms with E-state index < -0.39 is 0 Å². The highest BCUT2D eigenvalue weighted by Crippen LogP contribution is 2.43. The quantitative estimate of drug-likeness (QED) is 0.777. The molecule has 4 heteroatoms. The van der Waals surface area contributed by atoms with Gasteiger partial charge in [-0.15, -0.1) is 0 Å². The zero-order valence-corrected chi connectivity index (χ0v) is 17.2. The van der Waals surface area contributed by atoms with Crippen molar-refractivity contribution in [3.63, 3.8) is 0 Å². The zero-order chi connectivity index (χ0) is 18.0. The molecule has 1 aromatic carbocycles. The molecule has 2 aliphatic rings. The maximum atomic E-state index is 10.9. The van der Waals surface area contributed by atoms with Crippen LogP contribution in [0.4, 0.5) is 0 Å². The zero-order valence-electron chi connectivity index (χ0n) is 15.6. The van der Waals surface area contributed by atoms with E-state index in [0.717, 1.165) is 49.8 Å². The molecule has 2 fully saturated rings. The summed E-state index contributed by atoms with van der Waals surface area (Å²) in [4.78, 5) is 0. The topological polar surface area (TPSA) is 38.7 Å². The number of rotatable bonds is 4. The van der Waals surface area contributed by atoms with Crippen LogP contribution in [0.1, 0.15) is 54.7 Å². The van der Waals surface area contributed by atoms with Gasteiger partial charge in [-0.25, -0.2) is 0 Å². The molecule has 1 aromatic rings. The van der Waals surface area contributed by atoms with Gasteiger partial charge in [-0.3, -0.25) is 0 Å². The lowest BCUT2D eigenvalue weighted by Gasteiger charge is -2.41. The Morgan fingerprint density at radius 3 is 2.32 bits per heavy atom. The SMILES string of the molecule is COC1CC(C(O)C2CCOCC2)CCC1c1c(C)cc(Br)cc1C. The van der Waals surface area contributed by atoms with Gasteiger partial charge in [0.25, 0.3) is 0 Å². The van der Waals surface area contributed by atoms with E-state index in [0.29, 0.717) is 17.8 Å². The summed E-state index contributed by atoms with van der Waals surface area (Å²) in [6, 6.07) is 4.41. The Hall–Kier alpha value is -0.420. The number of benzene rings is 1. The summed E-state index contributed by atoms with van der Waals surface area (Å²) in [5.41, 5.74) is 4.11. The molecule has 1 aliphatic heterocycles. The molecule has 140 valence electrons. The van der Waals surface area contributed by atoms with E-state index in [9.17, 15) is 5.11 Å². The molecule has 3 nitrogen and oxygen atoms in total. The molecular weight excluding hydrogens is 380 g/mol. The Bertz CT molecular complexity index is 559. The van der Waals surface area contributed by atoms with E-state index in [4.69, 9.17) is 9.47 Å². The maximum absolute atomic E-state index is 10.9. The van der Waals surface area contributed by atoms with Crippen molar-refractivity contribution in [1.29, 1.82) is 0 Å². The normalized spacial score (nSPS) is 29.6. The van der Waals surface area contributed by atoms with E-state index in [2.05, 4.69) is 41.9 Å². The standard InChI is InChI=1S/C21H31BrO3/c1-13-10-17(22)11-14(2)20(13)18-5-4-16(12-19(18)24-3)21(23)15-6-8-25-9-7-15/h10-11,15-16,18-19,21,23H,4-9,12H2,1-3H3. The smallest absolute Gasteiger partial charge is 0.0643 e. The lowest BCUT2D eigenvalue weighted by Crippen LogP contribution is -2.40. The van der Waals surface area contributed by atoms with Gasteiger partial charge in [-0.2, -0.15) is 0 Å². The van der Waals surface area contributed by atoms with Gasteiger partial charge in [0.05, 0.1) is 12.2 Å². The molecule has 1 saturated carbocycles. The number of ether oxygens (including phenoxy) is 2. The van der Waals surface area contributed by atoms with Crippen molar-refractivity contribution >= 4 is 15.9 Å². The van der Waals surface area contributed by atoms with Crippen LogP contribution in [0.25, 0.3) is 0 Å². The minimum atomic E-state index is -0.213. The average molecular weight is 411 g/mol. The molecular formula is C21H31BrO3. The fraction of sp³-hybridized carbons (Fsp3) is 0.714. The van der Waals surface area contributed by atoms with E-state index in [1.807, 2.05) is 7.11 Å². The third-order valence-corrected chi connectivity index (χ3v) is 6.75. The van der Waals surface area contributed by atoms with Crippen LogP contribution in [-0.2, 0) is 9.47 Å². The van der Waals surface area contributed by atoms with Crippen LogP contribution in [-0.4, -0.2) is 37.6 Å². The van der Waals surface area contributed by atoms with Gasteiger partial charge in [0, 0.05) is 30.7 Å². The highest BCUT2D eigenvalue weighted by molar-refractivity contribution is 9.10. The van der Waals surface area contributed by atoms with Crippen molar-refractivity contribution in [2.75, 3.05) is 20.3 Å². The highest BCUT2D eigenvalue weighted by atomic mass is 79.9. The first-order valence-corrected chi connectivity index (χ1v) is 10.4. The van der Waals surface area contributed by atoms with E-state index in [-0.39, 0.29) is 12.2 Å². The van der Waals surface area contributed by atoms with Crippen LogP contribution < -0.4 is 0 Å².